The van der Waals surface area contributed by atoms with Crippen molar-refractivity contribution < 1.29 is 4.39 Å². The third kappa shape index (κ3) is 1.82. The van der Waals surface area contributed by atoms with E-state index in [9.17, 15) is 4.39 Å². The lowest BCUT2D eigenvalue weighted by molar-refractivity contribution is 0.594. The summed E-state index contributed by atoms with van der Waals surface area (Å²) in [7, 11) is 0. The van der Waals surface area contributed by atoms with Gasteiger partial charge in [0.1, 0.15) is 5.82 Å². The maximum absolute atomic E-state index is 13.4. The summed E-state index contributed by atoms with van der Waals surface area (Å²) < 4.78 is 13.4. The molecular weight excluding hydrogens is 253 g/mol. The smallest absolute Gasteiger partial charge is 0.197 e. The Hall–Kier alpha value is -1.84. The van der Waals surface area contributed by atoms with Gasteiger partial charge in [-0.25, -0.2) is 9.37 Å². The molecule has 20 heavy (non-hydrogen) atoms. The zero-order valence-corrected chi connectivity index (χ0v) is 12.3. The SMILES string of the molecule is Cc1cc([C@@H]2[C@@H](c3nc(N)[nH]c3C)C2(C)C)ccc1F. The van der Waals surface area contributed by atoms with Crippen LogP contribution in [0.1, 0.15) is 48.2 Å². The summed E-state index contributed by atoms with van der Waals surface area (Å²) in [5, 5.41) is 0. The van der Waals surface area contributed by atoms with Gasteiger partial charge < -0.3 is 10.7 Å². The maximum atomic E-state index is 13.4. The molecule has 106 valence electrons. The normalized spacial score (nSPS) is 23.9. The topological polar surface area (TPSA) is 54.7 Å². The molecular formula is C16H20FN3. The number of aromatic amines is 1. The molecule has 1 fully saturated rings. The van der Waals surface area contributed by atoms with Gasteiger partial charge in [-0.2, -0.15) is 0 Å². The van der Waals surface area contributed by atoms with E-state index < -0.39 is 0 Å². The molecule has 1 aromatic heterocycles. The molecule has 2 atom stereocenters. The summed E-state index contributed by atoms with van der Waals surface area (Å²) in [6.45, 7) is 8.26. The van der Waals surface area contributed by atoms with Crippen molar-refractivity contribution in [1.29, 1.82) is 0 Å². The molecule has 1 saturated carbocycles. The number of halogens is 1. The molecule has 3 nitrogen and oxygen atoms in total. The molecule has 0 spiro atoms. The number of nitrogens with one attached hydrogen (secondary N) is 1. The quantitative estimate of drug-likeness (QED) is 0.877. The second kappa shape index (κ2) is 4.08. The van der Waals surface area contributed by atoms with E-state index in [1.807, 2.05) is 19.1 Å². The molecule has 4 heteroatoms. The van der Waals surface area contributed by atoms with Crippen molar-refractivity contribution in [2.24, 2.45) is 5.41 Å². The molecule has 3 N–H and O–H groups in total. The first-order valence-corrected chi connectivity index (χ1v) is 6.90. The van der Waals surface area contributed by atoms with Crippen molar-refractivity contribution in [3.05, 3.63) is 46.5 Å². The predicted molar refractivity (Wildman–Crippen MR) is 78.1 cm³/mol. The molecule has 1 aliphatic carbocycles. The van der Waals surface area contributed by atoms with Crippen LogP contribution in [0.2, 0.25) is 0 Å². The lowest BCUT2D eigenvalue weighted by atomic mass is 10.0. The molecule has 0 unspecified atom stereocenters. The van der Waals surface area contributed by atoms with Crippen molar-refractivity contribution in [1.82, 2.24) is 9.97 Å². The minimum absolute atomic E-state index is 0.122. The highest BCUT2D eigenvalue weighted by Crippen LogP contribution is 2.70. The highest BCUT2D eigenvalue weighted by molar-refractivity contribution is 5.44. The van der Waals surface area contributed by atoms with E-state index >= 15 is 0 Å². The van der Waals surface area contributed by atoms with E-state index in [-0.39, 0.29) is 11.2 Å². The Balaban J connectivity index is 1.99. The van der Waals surface area contributed by atoms with E-state index in [4.69, 9.17) is 5.73 Å². The van der Waals surface area contributed by atoms with Crippen LogP contribution in [0.25, 0.3) is 0 Å². The third-order valence-electron chi connectivity index (χ3n) is 4.60. The zero-order valence-electron chi connectivity index (χ0n) is 12.3. The summed E-state index contributed by atoms with van der Waals surface area (Å²) in [6, 6.07) is 5.40. The Morgan fingerprint density at radius 2 is 1.95 bits per heavy atom. The van der Waals surface area contributed by atoms with Gasteiger partial charge in [0.25, 0.3) is 0 Å². The largest absolute Gasteiger partial charge is 0.369 e. The van der Waals surface area contributed by atoms with E-state index in [0.717, 1.165) is 11.4 Å². The molecule has 2 aromatic rings. The molecule has 0 amide bonds. The Labute approximate surface area is 118 Å². The zero-order chi connectivity index (χ0) is 14.7. The Kier molecular flexibility index (Phi) is 2.68. The minimum atomic E-state index is -0.149. The van der Waals surface area contributed by atoms with E-state index in [0.29, 0.717) is 23.3 Å². The Morgan fingerprint density at radius 1 is 1.25 bits per heavy atom. The molecule has 1 aromatic carbocycles. The summed E-state index contributed by atoms with van der Waals surface area (Å²) in [5.41, 5.74) is 9.81. The van der Waals surface area contributed by atoms with Crippen LogP contribution >= 0.6 is 0 Å². The number of aryl methyl sites for hydroxylation is 2. The van der Waals surface area contributed by atoms with Crippen molar-refractivity contribution in [2.45, 2.75) is 39.5 Å². The van der Waals surface area contributed by atoms with Crippen molar-refractivity contribution in [2.75, 3.05) is 5.73 Å². The van der Waals surface area contributed by atoms with Gasteiger partial charge in [-0.3, -0.25) is 0 Å². The number of aromatic nitrogens is 2. The van der Waals surface area contributed by atoms with Crippen LogP contribution in [-0.4, -0.2) is 9.97 Å². The average molecular weight is 273 g/mol. The monoisotopic (exact) mass is 273 g/mol. The molecule has 0 aliphatic heterocycles. The number of nitrogen functional groups attached to an aromatic ring is 1. The molecule has 1 aliphatic rings. The van der Waals surface area contributed by atoms with Crippen LogP contribution < -0.4 is 5.73 Å². The van der Waals surface area contributed by atoms with E-state index in [1.54, 1.807) is 13.0 Å². The molecule has 0 bridgehead atoms. The number of hydrogen-bond acceptors (Lipinski definition) is 2. The van der Waals surface area contributed by atoms with Crippen LogP contribution in [-0.2, 0) is 0 Å². The number of hydrogen-bond donors (Lipinski definition) is 2. The summed E-state index contributed by atoms with van der Waals surface area (Å²) in [6.07, 6.45) is 0. The molecule has 0 radical (unpaired) electrons. The highest BCUT2D eigenvalue weighted by Gasteiger charge is 2.60. The Bertz CT molecular complexity index is 672. The van der Waals surface area contributed by atoms with Crippen LogP contribution in [0.15, 0.2) is 18.2 Å². The fraction of sp³-hybridized carbons (Fsp3) is 0.438. The summed E-state index contributed by atoms with van der Waals surface area (Å²) in [4.78, 5) is 7.50. The Morgan fingerprint density at radius 3 is 2.50 bits per heavy atom. The van der Waals surface area contributed by atoms with Crippen LogP contribution in [0.4, 0.5) is 10.3 Å². The fourth-order valence-electron chi connectivity index (χ4n) is 3.43. The number of nitrogens with two attached hydrogens (primary N) is 1. The first-order valence-electron chi connectivity index (χ1n) is 6.90. The van der Waals surface area contributed by atoms with Gasteiger partial charge in [0.15, 0.2) is 5.95 Å². The van der Waals surface area contributed by atoms with Crippen LogP contribution in [0, 0.1) is 25.1 Å². The van der Waals surface area contributed by atoms with Gasteiger partial charge in [-0.1, -0.05) is 26.0 Å². The lowest BCUT2D eigenvalue weighted by Gasteiger charge is -2.04. The third-order valence-corrected chi connectivity index (χ3v) is 4.60. The predicted octanol–water partition coefficient (Wildman–Crippen LogP) is 3.66. The number of benzene rings is 1. The van der Waals surface area contributed by atoms with Crippen molar-refractivity contribution in [3.63, 3.8) is 0 Å². The van der Waals surface area contributed by atoms with Crippen molar-refractivity contribution in [3.8, 4) is 0 Å². The second-order valence-electron chi connectivity index (χ2n) is 6.42. The number of rotatable bonds is 2. The van der Waals surface area contributed by atoms with Crippen molar-refractivity contribution >= 4 is 5.95 Å². The number of H-pyrrole nitrogens is 1. The first-order chi connectivity index (χ1) is 9.32. The van der Waals surface area contributed by atoms with Gasteiger partial charge >= 0.3 is 0 Å². The average Bonchev–Trinajstić information content (AvgIpc) is 2.75. The van der Waals surface area contributed by atoms with Gasteiger partial charge in [0.2, 0.25) is 0 Å². The fourth-order valence-corrected chi connectivity index (χ4v) is 3.43. The van der Waals surface area contributed by atoms with Crippen LogP contribution in [0.5, 0.6) is 0 Å². The first kappa shape index (κ1) is 13.2. The molecule has 3 rings (SSSR count). The van der Waals surface area contributed by atoms with Crippen LogP contribution in [0.3, 0.4) is 0 Å². The molecule has 1 heterocycles. The minimum Gasteiger partial charge on any atom is -0.369 e. The van der Waals surface area contributed by atoms with E-state index in [2.05, 4.69) is 23.8 Å². The standard InChI is InChI=1S/C16H20FN3/c1-8-7-10(5-6-11(8)17)12-13(16(12,3)4)14-9(2)19-15(18)20-14/h5-7,12-13H,1-4H3,(H3,18,19,20)/t12-,13+/m1/s1. The van der Waals surface area contributed by atoms with Gasteiger partial charge in [-0.15, -0.1) is 0 Å². The maximum Gasteiger partial charge on any atom is 0.197 e. The highest BCUT2D eigenvalue weighted by atomic mass is 19.1. The number of nitrogens with zero attached hydrogens (tertiary/aromatic N) is 1. The number of anilines is 1. The van der Waals surface area contributed by atoms with Gasteiger partial charge in [-0.05, 0) is 42.4 Å². The second-order valence-corrected chi connectivity index (χ2v) is 6.42. The molecule has 0 saturated heterocycles. The van der Waals surface area contributed by atoms with Gasteiger partial charge in [0.05, 0.1) is 5.69 Å². The summed E-state index contributed by atoms with van der Waals surface area (Å²) >= 11 is 0. The number of imidazole rings is 1. The van der Waals surface area contributed by atoms with Gasteiger partial charge in [0, 0.05) is 11.6 Å². The van der Waals surface area contributed by atoms with E-state index in [1.165, 1.54) is 5.56 Å². The lowest BCUT2D eigenvalue weighted by Crippen LogP contribution is -1.93. The summed E-state index contributed by atoms with van der Waals surface area (Å²) in [5.74, 6) is 1.02.